The lowest BCUT2D eigenvalue weighted by atomic mass is 10.0. The van der Waals surface area contributed by atoms with Crippen molar-refractivity contribution in [2.75, 3.05) is 39.5 Å². The largest absolute Gasteiger partial charge is 0.458 e. The molecular weight excluding hydrogens is 388 g/mol. The van der Waals surface area contributed by atoms with Crippen LogP contribution in [0.1, 0.15) is 0 Å². The van der Waals surface area contributed by atoms with E-state index in [2.05, 4.69) is 44.3 Å². The van der Waals surface area contributed by atoms with E-state index in [-0.39, 0.29) is 0 Å². The van der Waals surface area contributed by atoms with Crippen molar-refractivity contribution in [3.05, 3.63) is 41.4 Å². The molecule has 0 aromatic heterocycles. The Labute approximate surface area is 154 Å². The van der Waals surface area contributed by atoms with Crippen molar-refractivity contribution in [1.29, 1.82) is 0 Å². The van der Waals surface area contributed by atoms with Crippen LogP contribution >= 0.6 is 0 Å². The Kier molecular flexibility index (Phi) is 11.0. The minimum atomic E-state index is -2.43. The highest BCUT2D eigenvalue weighted by molar-refractivity contribution is 5.73. The number of nitrogens with zero attached hydrogens (tertiary/aromatic N) is 10. The van der Waals surface area contributed by atoms with Gasteiger partial charge in [-0.25, -0.2) is 0 Å². The molecule has 28 heavy (non-hydrogen) atoms. The van der Waals surface area contributed by atoms with Crippen molar-refractivity contribution in [2.45, 2.75) is 5.54 Å². The van der Waals surface area contributed by atoms with Crippen LogP contribution in [0.25, 0.3) is 31.3 Å². The molecule has 0 heterocycles. The zero-order chi connectivity index (χ0) is 21.4. The van der Waals surface area contributed by atoms with Crippen LogP contribution in [-0.2, 0) is 28.6 Å². The number of nitro groups is 1. The van der Waals surface area contributed by atoms with E-state index < -0.39 is 67.8 Å². The SMILES string of the molecule is [N-]=[N+]=NCC(=O)OCC(COC(=O)CN=[N+]=[N-])(COC(=O)CN=[N+]=[N-])[N+](=O)[O-]. The molecule has 0 aromatic carbocycles. The molecule has 18 nitrogen and oxygen atoms in total. The van der Waals surface area contributed by atoms with Crippen LogP contribution in [0.15, 0.2) is 15.3 Å². The van der Waals surface area contributed by atoms with Gasteiger partial charge in [0.1, 0.15) is 19.6 Å². The summed E-state index contributed by atoms with van der Waals surface area (Å²) in [5, 5.41) is 20.2. The molecule has 0 spiro atoms. The van der Waals surface area contributed by atoms with Crippen LogP contribution in [0, 0.1) is 10.1 Å². The number of carbonyl (C=O) groups is 3. The number of carbonyl (C=O) groups excluding carboxylic acids is 3. The molecule has 0 saturated heterocycles. The maximum absolute atomic E-state index is 11.5. The third-order valence-electron chi connectivity index (χ3n) is 2.68. The van der Waals surface area contributed by atoms with Gasteiger partial charge in [-0.1, -0.05) is 15.3 Å². The normalized spacial score (nSPS) is 11.3. The van der Waals surface area contributed by atoms with Crippen molar-refractivity contribution in [3.63, 3.8) is 0 Å². The quantitative estimate of drug-likeness (QED) is 0.0798. The molecule has 0 amide bonds. The Bertz CT molecular complexity index is 661. The summed E-state index contributed by atoms with van der Waals surface area (Å²) in [6, 6.07) is 0. The van der Waals surface area contributed by atoms with E-state index in [4.69, 9.17) is 16.6 Å². The molecule has 0 aliphatic heterocycles. The molecule has 0 saturated carbocycles. The van der Waals surface area contributed by atoms with Crippen molar-refractivity contribution in [1.82, 2.24) is 0 Å². The molecule has 0 radical (unpaired) electrons. The van der Waals surface area contributed by atoms with E-state index in [0.29, 0.717) is 0 Å². The van der Waals surface area contributed by atoms with Gasteiger partial charge in [-0.15, -0.1) is 0 Å². The second-order valence-corrected chi connectivity index (χ2v) is 4.63. The Hall–Kier alpha value is -4.26. The summed E-state index contributed by atoms with van der Waals surface area (Å²) in [7, 11) is 0. The van der Waals surface area contributed by atoms with Gasteiger partial charge in [0.25, 0.3) is 0 Å². The Balaban J connectivity index is 5.30. The first-order chi connectivity index (χ1) is 13.3. The average Bonchev–Trinajstić information content (AvgIpc) is 2.68. The smallest absolute Gasteiger partial charge is 0.321 e. The number of ether oxygens (including phenoxy) is 3. The Morgan fingerprint density at radius 1 is 0.786 bits per heavy atom. The summed E-state index contributed by atoms with van der Waals surface area (Å²) < 4.78 is 13.8. The van der Waals surface area contributed by atoms with E-state index in [1.54, 1.807) is 0 Å². The fourth-order valence-electron chi connectivity index (χ4n) is 1.33. The highest BCUT2D eigenvalue weighted by Gasteiger charge is 2.48. The molecule has 0 aliphatic rings. The van der Waals surface area contributed by atoms with Crippen molar-refractivity contribution in [2.24, 2.45) is 15.3 Å². The molecule has 0 aromatic rings. The topological polar surface area (TPSA) is 268 Å². The fraction of sp³-hybridized carbons (Fsp3) is 0.700. The van der Waals surface area contributed by atoms with Crippen LogP contribution in [-0.4, -0.2) is 67.8 Å². The first-order valence-corrected chi connectivity index (χ1v) is 6.95. The Morgan fingerprint density at radius 2 is 1.07 bits per heavy atom. The van der Waals surface area contributed by atoms with Gasteiger partial charge >= 0.3 is 23.4 Å². The lowest BCUT2D eigenvalue weighted by Gasteiger charge is -2.24. The fourth-order valence-corrected chi connectivity index (χ4v) is 1.33. The minimum absolute atomic E-state index is 0.766. The molecule has 0 N–H and O–H groups in total. The third-order valence-corrected chi connectivity index (χ3v) is 2.68. The molecule has 0 rings (SSSR count). The number of hydrogen-bond donors (Lipinski definition) is 0. The number of hydrogen-bond acceptors (Lipinski definition) is 11. The Morgan fingerprint density at radius 3 is 1.29 bits per heavy atom. The molecule has 150 valence electrons. The predicted molar refractivity (Wildman–Crippen MR) is 84.6 cm³/mol. The molecule has 0 unspecified atom stereocenters. The van der Waals surface area contributed by atoms with Crippen molar-refractivity contribution >= 4 is 17.9 Å². The molecule has 0 atom stereocenters. The lowest BCUT2D eigenvalue weighted by molar-refractivity contribution is -0.579. The highest BCUT2D eigenvalue weighted by atomic mass is 16.7. The molecular formula is C10H12N10O8. The average molecular weight is 400 g/mol. The van der Waals surface area contributed by atoms with Crippen LogP contribution in [0.5, 0.6) is 0 Å². The molecule has 0 fully saturated rings. The van der Waals surface area contributed by atoms with Gasteiger partial charge in [0.05, 0.1) is 0 Å². The lowest BCUT2D eigenvalue weighted by Crippen LogP contribution is -2.53. The third kappa shape index (κ3) is 9.28. The van der Waals surface area contributed by atoms with Crippen molar-refractivity contribution in [3.8, 4) is 0 Å². The van der Waals surface area contributed by atoms with Gasteiger partial charge in [-0.05, 0) is 16.6 Å². The van der Waals surface area contributed by atoms with Gasteiger partial charge < -0.3 is 14.2 Å². The number of rotatable bonds is 13. The molecule has 0 aliphatic carbocycles. The zero-order valence-electron chi connectivity index (χ0n) is 14.0. The summed E-state index contributed by atoms with van der Waals surface area (Å²) in [5.74, 6) is -3.40. The van der Waals surface area contributed by atoms with Gasteiger partial charge in [0, 0.05) is 19.7 Å². The summed E-state index contributed by atoms with van der Waals surface area (Å²) in [4.78, 5) is 51.6. The molecule has 18 heteroatoms. The van der Waals surface area contributed by atoms with E-state index in [9.17, 15) is 24.5 Å². The monoisotopic (exact) mass is 400 g/mol. The predicted octanol–water partition coefficient (Wildman–Crippen LogP) is 0.562. The maximum Gasteiger partial charge on any atom is 0.321 e. The summed E-state index contributed by atoms with van der Waals surface area (Å²) in [6.45, 7) is -5.37. The van der Waals surface area contributed by atoms with Gasteiger partial charge in [0.15, 0.2) is 19.8 Å². The van der Waals surface area contributed by atoms with Crippen molar-refractivity contribution < 1.29 is 33.5 Å². The van der Waals surface area contributed by atoms with E-state index in [1.165, 1.54) is 0 Å². The summed E-state index contributed by atoms with van der Waals surface area (Å²) >= 11 is 0. The van der Waals surface area contributed by atoms with Gasteiger partial charge in [0.2, 0.25) is 0 Å². The van der Waals surface area contributed by atoms with E-state index in [1.807, 2.05) is 0 Å². The van der Waals surface area contributed by atoms with Crippen LogP contribution in [0.3, 0.4) is 0 Å². The van der Waals surface area contributed by atoms with Gasteiger partial charge in [-0.2, -0.15) is 0 Å². The van der Waals surface area contributed by atoms with Crippen LogP contribution in [0.2, 0.25) is 0 Å². The second-order valence-electron chi connectivity index (χ2n) is 4.63. The molecule has 0 bridgehead atoms. The van der Waals surface area contributed by atoms with Crippen LogP contribution < -0.4 is 0 Å². The first kappa shape index (κ1) is 23.7. The van der Waals surface area contributed by atoms with Gasteiger partial charge in [-0.3, -0.25) is 24.5 Å². The van der Waals surface area contributed by atoms with Crippen LogP contribution in [0.4, 0.5) is 0 Å². The van der Waals surface area contributed by atoms with E-state index >= 15 is 0 Å². The summed E-state index contributed by atoms with van der Waals surface area (Å²) in [5.41, 5.74) is 21.9. The zero-order valence-corrected chi connectivity index (χ0v) is 14.0. The minimum Gasteiger partial charge on any atom is -0.458 e. The number of azide groups is 3. The standard InChI is InChI=1S/C10H12N10O8/c11-17-14-1-7(21)26-4-10(20(24)25,5-27-8(22)2-15-18-12)6-28-9(23)3-16-19-13/h1-6H2. The first-order valence-electron chi connectivity index (χ1n) is 6.95. The maximum atomic E-state index is 11.5. The number of esters is 3. The second kappa shape index (κ2) is 13.0. The van der Waals surface area contributed by atoms with E-state index in [0.717, 1.165) is 0 Å². The summed E-state index contributed by atoms with van der Waals surface area (Å²) in [6.07, 6.45) is 0. The highest BCUT2D eigenvalue weighted by Crippen LogP contribution is 2.14.